The van der Waals surface area contributed by atoms with Crippen LogP contribution in [0, 0.1) is 6.92 Å². The van der Waals surface area contributed by atoms with E-state index in [1.54, 1.807) is 4.90 Å². The van der Waals surface area contributed by atoms with Crippen molar-refractivity contribution in [2.75, 3.05) is 29.5 Å². The van der Waals surface area contributed by atoms with Crippen LogP contribution < -0.4 is 9.80 Å². The number of fused-ring (bicyclic) bond motifs is 1. The predicted octanol–water partition coefficient (Wildman–Crippen LogP) is 1.76. The van der Waals surface area contributed by atoms with E-state index in [2.05, 4.69) is 32.5 Å². The second-order valence-electron chi connectivity index (χ2n) is 7.89. The summed E-state index contributed by atoms with van der Waals surface area (Å²) in [5.41, 5.74) is 2.16. The van der Waals surface area contributed by atoms with E-state index < -0.39 is 0 Å². The molecule has 0 bridgehead atoms. The van der Waals surface area contributed by atoms with Crippen molar-refractivity contribution in [1.82, 2.24) is 19.5 Å². The number of aryl methyl sites for hydroxylation is 2. The number of carbonyl (C=O) groups is 1. The molecule has 0 radical (unpaired) electrons. The Balaban J connectivity index is 1.38. The van der Waals surface area contributed by atoms with Gasteiger partial charge in [-0.3, -0.25) is 9.69 Å². The lowest BCUT2D eigenvalue weighted by molar-refractivity contribution is -0.117. The summed E-state index contributed by atoms with van der Waals surface area (Å²) in [5, 5.41) is 9.61. The van der Waals surface area contributed by atoms with Gasteiger partial charge in [0.05, 0.1) is 29.6 Å². The Morgan fingerprint density at radius 2 is 1.90 bits per heavy atom. The van der Waals surface area contributed by atoms with Crippen LogP contribution in [-0.4, -0.2) is 56.3 Å². The van der Waals surface area contributed by atoms with E-state index >= 15 is 0 Å². The number of anilines is 2. The number of hydrogen-bond acceptors (Lipinski definition) is 6. The van der Waals surface area contributed by atoms with Gasteiger partial charge in [-0.05, 0) is 25.5 Å². The normalized spacial score (nSPS) is 20.0. The molecule has 0 aliphatic carbocycles. The predicted molar refractivity (Wildman–Crippen MR) is 110 cm³/mol. The number of carbonyl (C=O) groups excluding carboxylic acids is 1. The third-order valence-electron chi connectivity index (χ3n) is 5.99. The summed E-state index contributed by atoms with van der Waals surface area (Å²) in [4.78, 5) is 30.0. The monoisotopic (exact) mass is 392 g/mol. The van der Waals surface area contributed by atoms with Crippen molar-refractivity contribution in [1.29, 1.82) is 0 Å². The minimum atomic E-state index is -0.200. The van der Waals surface area contributed by atoms with Crippen LogP contribution in [0.25, 0.3) is 11.0 Å². The van der Waals surface area contributed by atoms with E-state index in [-0.39, 0.29) is 18.6 Å². The molecular weight excluding hydrogens is 368 g/mol. The average Bonchev–Trinajstić information content (AvgIpc) is 3.21. The molecule has 2 aliphatic heterocycles. The number of rotatable bonds is 4. The van der Waals surface area contributed by atoms with E-state index in [4.69, 9.17) is 4.98 Å². The first-order valence-electron chi connectivity index (χ1n) is 10.00. The zero-order valence-corrected chi connectivity index (χ0v) is 16.6. The van der Waals surface area contributed by atoms with E-state index in [0.29, 0.717) is 30.4 Å². The lowest BCUT2D eigenvalue weighted by Crippen LogP contribution is -2.46. The molecule has 8 nitrogen and oxygen atoms in total. The van der Waals surface area contributed by atoms with Gasteiger partial charge in [0, 0.05) is 32.6 Å². The summed E-state index contributed by atoms with van der Waals surface area (Å²) in [5.74, 6) is 3.46. The molecule has 0 spiro atoms. The van der Waals surface area contributed by atoms with Gasteiger partial charge in [0.1, 0.15) is 23.3 Å². The SMILES string of the molecule is Cc1nc(N2CC(c3nc4ccccc4n3C)C2)cc(N2C(=O)CC[C@H]2CO)n1. The number of nitrogens with zero attached hydrogens (tertiary/aromatic N) is 6. The Bertz CT molecular complexity index is 1090. The van der Waals surface area contributed by atoms with Gasteiger partial charge in [-0.1, -0.05) is 12.1 Å². The van der Waals surface area contributed by atoms with Crippen LogP contribution in [0.3, 0.4) is 0 Å². The Morgan fingerprint density at radius 1 is 1.14 bits per heavy atom. The fraction of sp³-hybridized carbons (Fsp3) is 0.429. The maximum Gasteiger partial charge on any atom is 0.228 e. The summed E-state index contributed by atoms with van der Waals surface area (Å²) in [6.07, 6.45) is 1.11. The molecule has 2 saturated heterocycles. The van der Waals surface area contributed by atoms with E-state index in [0.717, 1.165) is 35.8 Å². The molecule has 1 N–H and O–H groups in total. The lowest BCUT2D eigenvalue weighted by Gasteiger charge is -2.40. The largest absolute Gasteiger partial charge is 0.394 e. The first-order chi connectivity index (χ1) is 14.0. The summed E-state index contributed by atoms with van der Waals surface area (Å²) < 4.78 is 2.17. The third kappa shape index (κ3) is 2.95. The van der Waals surface area contributed by atoms with Gasteiger partial charge in [-0.15, -0.1) is 0 Å². The molecule has 1 atom stereocenters. The summed E-state index contributed by atoms with van der Waals surface area (Å²) >= 11 is 0. The first kappa shape index (κ1) is 18.1. The van der Waals surface area contributed by atoms with Crippen molar-refractivity contribution in [2.45, 2.75) is 31.7 Å². The number of aromatic nitrogens is 4. The number of imidazole rings is 1. The second-order valence-corrected chi connectivity index (χ2v) is 7.89. The highest BCUT2D eigenvalue weighted by molar-refractivity contribution is 5.95. The molecule has 2 aliphatic rings. The Morgan fingerprint density at radius 3 is 2.66 bits per heavy atom. The fourth-order valence-electron chi connectivity index (χ4n) is 4.41. The first-order valence-corrected chi connectivity index (χ1v) is 10.00. The second kappa shape index (κ2) is 6.81. The van der Waals surface area contributed by atoms with E-state index in [9.17, 15) is 9.90 Å². The lowest BCUT2D eigenvalue weighted by atomic mass is 9.99. The van der Waals surface area contributed by atoms with Crippen molar-refractivity contribution >= 4 is 28.6 Å². The number of hydrogen-bond donors (Lipinski definition) is 1. The van der Waals surface area contributed by atoms with Crippen molar-refractivity contribution in [2.24, 2.45) is 7.05 Å². The van der Waals surface area contributed by atoms with Crippen LogP contribution in [0.5, 0.6) is 0 Å². The van der Waals surface area contributed by atoms with Gasteiger partial charge < -0.3 is 14.6 Å². The Hall–Kier alpha value is -3.00. The summed E-state index contributed by atoms with van der Waals surface area (Å²) in [6.45, 7) is 3.43. The summed E-state index contributed by atoms with van der Waals surface area (Å²) in [7, 11) is 2.06. The minimum Gasteiger partial charge on any atom is -0.394 e. The smallest absolute Gasteiger partial charge is 0.228 e. The molecule has 2 fully saturated rings. The van der Waals surface area contributed by atoms with Gasteiger partial charge in [-0.25, -0.2) is 15.0 Å². The number of para-hydroxylation sites is 2. The molecule has 29 heavy (non-hydrogen) atoms. The van der Waals surface area contributed by atoms with Crippen LogP contribution in [-0.2, 0) is 11.8 Å². The highest BCUT2D eigenvalue weighted by Gasteiger charge is 2.36. The molecule has 8 heteroatoms. The van der Waals surface area contributed by atoms with Gasteiger partial charge in [0.25, 0.3) is 0 Å². The van der Waals surface area contributed by atoms with Gasteiger partial charge in [0.2, 0.25) is 5.91 Å². The Kier molecular flexibility index (Phi) is 4.24. The van der Waals surface area contributed by atoms with Crippen molar-refractivity contribution in [3.8, 4) is 0 Å². The van der Waals surface area contributed by atoms with Gasteiger partial charge >= 0.3 is 0 Å². The van der Waals surface area contributed by atoms with E-state index in [1.807, 2.05) is 31.2 Å². The zero-order valence-electron chi connectivity index (χ0n) is 16.6. The fourth-order valence-corrected chi connectivity index (χ4v) is 4.41. The zero-order chi connectivity index (χ0) is 20.1. The molecular formula is C21H24N6O2. The van der Waals surface area contributed by atoms with Crippen molar-refractivity contribution in [3.05, 3.63) is 42.0 Å². The van der Waals surface area contributed by atoms with Crippen LogP contribution >= 0.6 is 0 Å². The molecule has 1 aromatic carbocycles. The Labute approximate surface area is 168 Å². The number of aliphatic hydroxyl groups excluding tert-OH is 1. The maximum atomic E-state index is 12.3. The molecule has 3 aromatic rings. The molecule has 5 rings (SSSR count). The number of aliphatic hydroxyl groups is 1. The number of amides is 1. The average molecular weight is 392 g/mol. The number of benzene rings is 1. The van der Waals surface area contributed by atoms with E-state index in [1.165, 1.54) is 0 Å². The highest BCUT2D eigenvalue weighted by Crippen LogP contribution is 2.34. The standard InChI is InChI=1S/C21H24N6O2/c1-13-22-18(9-19(23-13)27-15(12-28)7-8-20(27)29)26-10-14(11-26)21-24-16-5-3-4-6-17(16)25(21)2/h3-6,9,14-15,28H,7-8,10-12H2,1-2H3/t15-/m0/s1. The molecule has 2 aromatic heterocycles. The van der Waals surface area contributed by atoms with Crippen LogP contribution in [0.1, 0.15) is 30.4 Å². The van der Waals surface area contributed by atoms with Crippen molar-refractivity contribution < 1.29 is 9.90 Å². The van der Waals surface area contributed by atoms with Gasteiger partial charge in [0.15, 0.2) is 0 Å². The summed E-state index contributed by atoms with van der Waals surface area (Å²) in [6, 6.07) is 9.84. The van der Waals surface area contributed by atoms with Crippen LogP contribution in [0.15, 0.2) is 30.3 Å². The van der Waals surface area contributed by atoms with Crippen molar-refractivity contribution in [3.63, 3.8) is 0 Å². The molecule has 0 saturated carbocycles. The topological polar surface area (TPSA) is 87.4 Å². The molecule has 0 unspecified atom stereocenters. The maximum absolute atomic E-state index is 12.3. The molecule has 150 valence electrons. The molecule has 1 amide bonds. The van der Waals surface area contributed by atoms with Gasteiger partial charge in [-0.2, -0.15) is 0 Å². The highest BCUT2D eigenvalue weighted by atomic mass is 16.3. The third-order valence-corrected chi connectivity index (χ3v) is 5.99. The van der Waals surface area contributed by atoms with Crippen LogP contribution in [0.4, 0.5) is 11.6 Å². The quantitative estimate of drug-likeness (QED) is 0.728. The van der Waals surface area contributed by atoms with Crippen LogP contribution in [0.2, 0.25) is 0 Å². The minimum absolute atomic E-state index is 0.00860. The molecule has 4 heterocycles.